The maximum atomic E-state index is 12.9. The molecule has 9 nitrogen and oxygen atoms in total. The Morgan fingerprint density at radius 2 is 1.97 bits per heavy atom. The molecule has 0 saturated carbocycles. The van der Waals surface area contributed by atoms with Gasteiger partial charge in [0.25, 0.3) is 5.91 Å². The maximum Gasteiger partial charge on any atom is 0.411 e. The number of hydrogen-bond donors (Lipinski definition) is 2. The van der Waals surface area contributed by atoms with Gasteiger partial charge in [0.2, 0.25) is 11.8 Å². The predicted molar refractivity (Wildman–Crippen MR) is 112 cm³/mol. The summed E-state index contributed by atoms with van der Waals surface area (Å²) in [6.07, 6.45) is 0.771. The zero-order valence-electron chi connectivity index (χ0n) is 17.2. The van der Waals surface area contributed by atoms with Gasteiger partial charge in [0, 0.05) is 36.7 Å². The Labute approximate surface area is 183 Å². The fourth-order valence-corrected chi connectivity index (χ4v) is 4.24. The topological polar surface area (TPSA) is 114 Å². The predicted octanol–water partition coefficient (Wildman–Crippen LogP) is 2.13. The molecule has 1 saturated heterocycles. The molecule has 1 fully saturated rings. The van der Waals surface area contributed by atoms with E-state index in [1.807, 2.05) is 6.07 Å². The van der Waals surface area contributed by atoms with Crippen LogP contribution in [0.25, 0.3) is 0 Å². The zero-order valence-corrected chi connectivity index (χ0v) is 17.2. The molecule has 0 radical (unpaired) electrons. The second-order valence-electron chi connectivity index (χ2n) is 8.01. The molecule has 164 valence electrons. The van der Waals surface area contributed by atoms with E-state index in [9.17, 15) is 19.2 Å². The molecule has 3 aliphatic rings. The molecule has 1 atom stereocenters. The molecule has 32 heavy (non-hydrogen) atoms. The van der Waals surface area contributed by atoms with E-state index in [0.717, 1.165) is 23.3 Å². The van der Waals surface area contributed by atoms with Gasteiger partial charge in [-0.25, -0.2) is 4.79 Å². The minimum absolute atomic E-state index is 0.00769. The first-order chi connectivity index (χ1) is 15.5. The van der Waals surface area contributed by atoms with Crippen molar-refractivity contribution in [1.29, 1.82) is 0 Å². The van der Waals surface area contributed by atoms with Crippen LogP contribution >= 0.6 is 0 Å². The van der Waals surface area contributed by atoms with Crippen molar-refractivity contribution in [2.45, 2.75) is 38.5 Å². The van der Waals surface area contributed by atoms with E-state index >= 15 is 0 Å². The second kappa shape index (κ2) is 7.99. The lowest BCUT2D eigenvalue weighted by Gasteiger charge is -2.29. The van der Waals surface area contributed by atoms with E-state index in [1.54, 1.807) is 30.3 Å². The number of ether oxygens (including phenoxy) is 2. The fourth-order valence-electron chi connectivity index (χ4n) is 4.24. The van der Waals surface area contributed by atoms with E-state index in [0.29, 0.717) is 36.4 Å². The Morgan fingerprint density at radius 1 is 1.12 bits per heavy atom. The van der Waals surface area contributed by atoms with E-state index < -0.39 is 18.0 Å². The van der Waals surface area contributed by atoms with Gasteiger partial charge >= 0.3 is 6.09 Å². The highest BCUT2D eigenvalue weighted by Crippen LogP contribution is 2.29. The van der Waals surface area contributed by atoms with Crippen LogP contribution in [-0.4, -0.2) is 41.4 Å². The quantitative estimate of drug-likeness (QED) is 0.712. The SMILES string of the molecule is O=C1CCC(N2Cc3ccc(COC(=O)Nc4ccc5c(c4)OCC5)cc3C2=O)C(=O)N1. The molecule has 5 rings (SSSR count). The van der Waals surface area contributed by atoms with Gasteiger partial charge in [-0.15, -0.1) is 0 Å². The molecule has 0 spiro atoms. The first kappa shape index (κ1) is 20.0. The summed E-state index contributed by atoms with van der Waals surface area (Å²) in [7, 11) is 0. The number of nitrogens with zero attached hydrogens (tertiary/aromatic N) is 1. The van der Waals surface area contributed by atoms with Crippen LogP contribution in [0.1, 0.15) is 39.9 Å². The number of benzene rings is 2. The Kier molecular flexibility index (Phi) is 5.01. The van der Waals surface area contributed by atoms with Gasteiger partial charge in [0.1, 0.15) is 18.4 Å². The van der Waals surface area contributed by atoms with Crippen LogP contribution in [0.5, 0.6) is 5.75 Å². The normalized spacial score (nSPS) is 19.2. The van der Waals surface area contributed by atoms with Gasteiger partial charge in [-0.2, -0.15) is 0 Å². The highest BCUT2D eigenvalue weighted by Gasteiger charge is 2.39. The standard InChI is InChI=1S/C23H21N3O6/c27-20-6-5-18(21(28)25-20)26-11-15-2-1-13(9-17(15)22(26)29)12-32-23(30)24-16-4-3-14-7-8-31-19(14)10-16/h1-4,9-10,18H,5-8,11-12H2,(H,24,30)(H,25,27,28). The molecule has 4 amide bonds. The van der Waals surface area contributed by atoms with Crippen molar-refractivity contribution in [2.24, 2.45) is 0 Å². The fraction of sp³-hybridized carbons (Fsp3) is 0.304. The third-order valence-electron chi connectivity index (χ3n) is 5.91. The molecule has 1 unspecified atom stereocenters. The number of amides is 4. The molecule has 2 aromatic carbocycles. The molecule has 3 heterocycles. The number of imide groups is 1. The number of piperidine rings is 1. The highest BCUT2D eigenvalue weighted by molar-refractivity contribution is 6.05. The molecule has 9 heteroatoms. The monoisotopic (exact) mass is 435 g/mol. The Morgan fingerprint density at radius 3 is 2.81 bits per heavy atom. The van der Waals surface area contributed by atoms with Crippen molar-refractivity contribution in [2.75, 3.05) is 11.9 Å². The minimum Gasteiger partial charge on any atom is -0.493 e. The Bertz CT molecular complexity index is 1140. The van der Waals surface area contributed by atoms with Crippen molar-refractivity contribution in [3.05, 3.63) is 58.7 Å². The minimum atomic E-state index is -0.658. The molecular formula is C23H21N3O6. The summed E-state index contributed by atoms with van der Waals surface area (Å²) in [5, 5.41) is 4.96. The molecule has 0 bridgehead atoms. The van der Waals surface area contributed by atoms with Crippen LogP contribution in [-0.2, 0) is 33.9 Å². The van der Waals surface area contributed by atoms with Crippen molar-refractivity contribution in [3.63, 3.8) is 0 Å². The Hall–Kier alpha value is -3.88. The van der Waals surface area contributed by atoms with Crippen LogP contribution < -0.4 is 15.4 Å². The average Bonchev–Trinajstić information content (AvgIpc) is 3.36. The van der Waals surface area contributed by atoms with Crippen LogP contribution in [0, 0.1) is 0 Å². The second-order valence-corrected chi connectivity index (χ2v) is 8.01. The van der Waals surface area contributed by atoms with Crippen LogP contribution in [0.15, 0.2) is 36.4 Å². The summed E-state index contributed by atoms with van der Waals surface area (Å²) < 4.78 is 10.8. The van der Waals surface area contributed by atoms with Gasteiger partial charge < -0.3 is 14.4 Å². The zero-order chi connectivity index (χ0) is 22.2. The molecule has 2 N–H and O–H groups in total. The maximum absolute atomic E-state index is 12.9. The molecular weight excluding hydrogens is 414 g/mol. The first-order valence-electron chi connectivity index (χ1n) is 10.4. The largest absolute Gasteiger partial charge is 0.493 e. The Balaban J connectivity index is 1.20. The van der Waals surface area contributed by atoms with E-state index in [-0.39, 0.29) is 24.8 Å². The molecule has 0 aromatic heterocycles. The van der Waals surface area contributed by atoms with E-state index in [4.69, 9.17) is 9.47 Å². The number of nitrogens with one attached hydrogen (secondary N) is 2. The third kappa shape index (κ3) is 3.77. The van der Waals surface area contributed by atoms with Crippen LogP contribution in [0.2, 0.25) is 0 Å². The van der Waals surface area contributed by atoms with Gasteiger partial charge in [-0.3, -0.25) is 25.0 Å². The highest BCUT2D eigenvalue weighted by atomic mass is 16.5. The summed E-state index contributed by atoms with van der Waals surface area (Å²) >= 11 is 0. The summed E-state index contributed by atoms with van der Waals surface area (Å²) in [5.74, 6) is -0.264. The summed E-state index contributed by atoms with van der Waals surface area (Å²) in [4.78, 5) is 50.1. The van der Waals surface area contributed by atoms with Crippen molar-refractivity contribution < 1.29 is 28.7 Å². The lowest BCUT2D eigenvalue weighted by molar-refractivity contribution is -0.136. The number of rotatable bonds is 4. The van der Waals surface area contributed by atoms with E-state index in [2.05, 4.69) is 10.6 Å². The lowest BCUT2D eigenvalue weighted by atomic mass is 10.0. The first-order valence-corrected chi connectivity index (χ1v) is 10.4. The summed E-state index contributed by atoms with van der Waals surface area (Å²) in [5.41, 5.74) is 3.63. The summed E-state index contributed by atoms with van der Waals surface area (Å²) in [6, 6.07) is 10.1. The smallest absolute Gasteiger partial charge is 0.411 e. The van der Waals surface area contributed by atoms with Crippen molar-refractivity contribution >= 4 is 29.5 Å². The third-order valence-corrected chi connectivity index (χ3v) is 5.91. The van der Waals surface area contributed by atoms with Crippen LogP contribution in [0.3, 0.4) is 0 Å². The molecule has 2 aromatic rings. The number of anilines is 1. The summed E-state index contributed by atoms with van der Waals surface area (Å²) in [6.45, 7) is 0.940. The molecule has 3 aliphatic heterocycles. The number of carbonyl (C=O) groups excluding carboxylic acids is 4. The van der Waals surface area contributed by atoms with Gasteiger partial charge in [-0.05, 0) is 35.2 Å². The van der Waals surface area contributed by atoms with Gasteiger partial charge in [0.05, 0.1) is 6.61 Å². The van der Waals surface area contributed by atoms with Gasteiger partial charge in [0.15, 0.2) is 0 Å². The number of carbonyl (C=O) groups is 4. The van der Waals surface area contributed by atoms with E-state index in [1.165, 1.54) is 4.90 Å². The van der Waals surface area contributed by atoms with Crippen molar-refractivity contribution in [1.82, 2.24) is 10.2 Å². The average molecular weight is 435 g/mol. The van der Waals surface area contributed by atoms with Crippen molar-refractivity contribution in [3.8, 4) is 5.75 Å². The number of fused-ring (bicyclic) bond motifs is 2. The van der Waals surface area contributed by atoms with Crippen LogP contribution in [0.4, 0.5) is 10.5 Å². The molecule has 0 aliphatic carbocycles. The van der Waals surface area contributed by atoms with Gasteiger partial charge in [-0.1, -0.05) is 18.2 Å². The lowest BCUT2D eigenvalue weighted by Crippen LogP contribution is -2.52. The number of hydrogen-bond acceptors (Lipinski definition) is 6.